The highest BCUT2D eigenvalue weighted by molar-refractivity contribution is 5.03. The zero-order valence-electron chi connectivity index (χ0n) is 9.26. The van der Waals surface area contributed by atoms with Crippen LogP contribution in [0, 0.1) is 0 Å². The quantitative estimate of drug-likeness (QED) is 0.738. The maximum absolute atomic E-state index is 5.20. The lowest BCUT2D eigenvalue weighted by molar-refractivity contribution is 0.129. The Morgan fingerprint density at radius 2 is 2.20 bits per heavy atom. The minimum absolute atomic E-state index is 0.455. The van der Waals surface area contributed by atoms with Crippen LogP contribution in [0.15, 0.2) is 18.5 Å². The fourth-order valence-corrected chi connectivity index (χ4v) is 2.18. The number of aromatic nitrogens is 2. The lowest BCUT2D eigenvalue weighted by atomic mass is 10.1. The second-order valence-electron chi connectivity index (χ2n) is 4.09. The van der Waals surface area contributed by atoms with E-state index in [1.807, 2.05) is 18.5 Å². The van der Waals surface area contributed by atoms with Gasteiger partial charge < -0.3 is 9.64 Å². The minimum atomic E-state index is 0.455. The van der Waals surface area contributed by atoms with Crippen molar-refractivity contribution in [1.82, 2.24) is 14.9 Å². The summed E-state index contributed by atoms with van der Waals surface area (Å²) in [7, 11) is 3.88. The maximum atomic E-state index is 5.20. The van der Waals surface area contributed by atoms with Crippen molar-refractivity contribution in [3.63, 3.8) is 0 Å². The van der Waals surface area contributed by atoms with Gasteiger partial charge in [0.2, 0.25) is 0 Å². The number of ether oxygens (including phenoxy) is 1. The van der Waals surface area contributed by atoms with E-state index in [1.54, 1.807) is 7.11 Å². The summed E-state index contributed by atoms with van der Waals surface area (Å²) in [6, 6.07) is 2.36. The normalized spacial score (nSPS) is 27.1. The van der Waals surface area contributed by atoms with Gasteiger partial charge in [0.05, 0.1) is 6.61 Å². The molecule has 1 aliphatic rings. The molecule has 1 unspecified atom stereocenters. The molecule has 1 aliphatic heterocycles. The van der Waals surface area contributed by atoms with E-state index < -0.39 is 0 Å². The summed E-state index contributed by atoms with van der Waals surface area (Å²) in [6.07, 6.45) is 4.71. The van der Waals surface area contributed by atoms with Gasteiger partial charge in [0.15, 0.2) is 0 Å². The predicted molar refractivity (Wildman–Crippen MR) is 57.7 cm³/mol. The first-order chi connectivity index (χ1) is 7.31. The largest absolute Gasteiger partial charge is 0.383 e. The summed E-state index contributed by atoms with van der Waals surface area (Å²) in [4.78, 5) is 10.9. The Bertz CT molecular complexity index is 304. The van der Waals surface area contributed by atoms with E-state index in [0.717, 1.165) is 25.4 Å². The van der Waals surface area contributed by atoms with Crippen LogP contribution in [0.5, 0.6) is 0 Å². The second kappa shape index (κ2) is 4.68. The topological polar surface area (TPSA) is 38.3 Å². The zero-order chi connectivity index (χ0) is 10.7. The number of likely N-dealkylation sites (N-methyl/N-ethyl adjacent to an activating group) is 1. The van der Waals surface area contributed by atoms with E-state index in [2.05, 4.69) is 21.9 Å². The van der Waals surface area contributed by atoms with Gasteiger partial charge in [-0.25, -0.2) is 9.97 Å². The summed E-state index contributed by atoms with van der Waals surface area (Å²) in [6.45, 7) is 1.82. The van der Waals surface area contributed by atoms with E-state index in [1.165, 1.54) is 0 Å². The molecule has 15 heavy (non-hydrogen) atoms. The Kier molecular flexibility index (Phi) is 3.28. The molecule has 1 aromatic rings. The van der Waals surface area contributed by atoms with Crippen LogP contribution in [-0.2, 0) is 4.74 Å². The Morgan fingerprint density at radius 3 is 2.87 bits per heavy atom. The van der Waals surface area contributed by atoms with Crippen molar-refractivity contribution in [2.75, 3.05) is 27.3 Å². The molecule has 0 aliphatic carbocycles. The molecule has 2 heterocycles. The SMILES string of the molecule is COC[C@@H]1CC(c2ncccn2)CN1C. The average molecular weight is 207 g/mol. The Balaban J connectivity index is 2.03. The molecule has 4 nitrogen and oxygen atoms in total. The van der Waals surface area contributed by atoms with Crippen molar-refractivity contribution in [3.8, 4) is 0 Å². The smallest absolute Gasteiger partial charge is 0.132 e. The molecule has 1 saturated heterocycles. The molecule has 1 aromatic heterocycles. The van der Waals surface area contributed by atoms with Crippen LogP contribution < -0.4 is 0 Å². The monoisotopic (exact) mass is 207 g/mol. The van der Waals surface area contributed by atoms with Crippen molar-refractivity contribution < 1.29 is 4.74 Å². The van der Waals surface area contributed by atoms with Gasteiger partial charge in [-0.05, 0) is 19.5 Å². The number of hydrogen-bond donors (Lipinski definition) is 0. The molecular weight excluding hydrogens is 190 g/mol. The molecule has 82 valence electrons. The summed E-state index contributed by atoms with van der Waals surface area (Å²) < 4.78 is 5.20. The van der Waals surface area contributed by atoms with Crippen molar-refractivity contribution >= 4 is 0 Å². The van der Waals surface area contributed by atoms with Gasteiger partial charge in [-0.2, -0.15) is 0 Å². The van der Waals surface area contributed by atoms with Crippen LogP contribution in [0.4, 0.5) is 0 Å². The lowest BCUT2D eigenvalue weighted by Gasteiger charge is -2.17. The van der Waals surface area contributed by atoms with Gasteiger partial charge in [-0.15, -0.1) is 0 Å². The molecule has 0 aromatic carbocycles. The maximum Gasteiger partial charge on any atom is 0.132 e. The molecule has 0 bridgehead atoms. The molecule has 0 N–H and O–H groups in total. The molecule has 4 heteroatoms. The summed E-state index contributed by atoms with van der Waals surface area (Å²) in [5.74, 6) is 1.42. The number of rotatable bonds is 3. The standard InChI is InChI=1S/C11H17N3O/c1-14-7-9(6-10(14)8-15-2)11-12-4-3-5-13-11/h3-5,9-10H,6-8H2,1-2H3/t9?,10-/m0/s1. The van der Waals surface area contributed by atoms with E-state index in [0.29, 0.717) is 12.0 Å². The Hall–Kier alpha value is -1.00. The Labute approximate surface area is 90.3 Å². The zero-order valence-corrected chi connectivity index (χ0v) is 9.26. The molecule has 2 rings (SSSR count). The van der Waals surface area contributed by atoms with Crippen molar-refractivity contribution in [2.45, 2.75) is 18.4 Å². The fourth-order valence-electron chi connectivity index (χ4n) is 2.18. The molecule has 0 radical (unpaired) electrons. The van der Waals surface area contributed by atoms with E-state index in [9.17, 15) is 0 Å². The van der Waals surface area contributed by atoms with Crippen LogP contribution in [0.3, 0.4) is 0 Å². The van der Waals surface area contributed by atoms with Crippen molar-refractivity contribution in [1.29, 1.82) is 0 Å². The summed E-state index contributed by atoms with van der Waals surface area (Å²) >= 11 is 0. The molecule has 2 atom stereocenters. The van der Waals surface area contributed by atoms with Crippen LogP contribution in [-0.4, -0.2) is 48.2 Å². The highest BCUT2D eigenvalue weighted by atomic mass is 16.5. The minimum Gasteiger partial charge on any atom is -0.383 e. The first-order valence-electron chi connectivity index (χ1n) is 5.27. The van der Waals surface area contributed by atoms with Crippen LogP contribution in [0.25, 0.3) is 0 Å². The molecule has 0 saturated carbocycles. The highest BCUT2D eigenvalue weighted by Crippen LogP contribution is 2.28. The van der Waals surface area contributed by atoms with Gasteiger partial charge in [0.1, 0.15) is 5.82 Å². The Morgan fingerprint density at radius 1 is 1.47 bits per heavy atom. The average Bonchev–Trinajstić information content (AvgIpc) is 2.63. The fraction of sp³-hybridized carbons (Fsp3) is 0.636. The van der Waals surface area contributed by atoms with Gasteiger partial charge in [0.25, 0.3) is 0 Å². The van der Waals surface area contributed by atoms with Crippen molar-refractivity contribution in [2.24, 2.45) is 0 Å². The highest BCUT2D eigenvalue weighted by Gasteiger charge is 2.31. The second-order valence-corrected chi connectivity index (χ2v) is 4.09. The van der Waals surface area contributed by atoms with E-state index >= 15 is 0 Å². The number of methoxy groups -OCH3 is 1. The third kappa shape index (κ3) is 2.33. The predicted octanol–water partition coefficient (Wildman–Crippen LogP) is 0.911. The summed E-state index contributed by atoms with van der Waals surface area (Å²) in [5.41, 5.74) is 0. The van der Waals surface area contributed by atoms with Crippen molar-refractivity contribution in [3.05, 3.63) is 24.3 Å². The first kappa shape index (κ1) is 10.5. The van der Waals surface area contributed by atoms with Gasteiger partial charge in [-0.1, -0.05) is 0 Å². The van der Waals surface area contributed by atoms with Crippen LogP contribution in [0.1, 0.15) is 18.2 Å². The van der Waals surface area contributed by atoms with Gasteiger partial charge >= 0.3 is 0 Å². The van der Waals surface area contributed by atoms with Crippen LogP contribution >= 0.6 is 0 Å². The lowest BCUT2D eigenvalue weighted by Crippen LogP contribution is -2.28. The van der Waals surface area contributed by atoms with Crippen LogP contribution in [0.2, 0.25) is 0 Å². The number of nitrogens with zero attached hydrogens (tertiary/aromatic N) is 3. The first-order valence-corrected chi connectivity index (χ1v) is 5.27. The molecular formula is C11H17N3O. The third-order valence-electron chi connectivity index (χ3n) is 3.00. The van der Waals surface area contributed by atoms with E-state index in [4.69, 9.17) is 4.74 Å². The number of hydrogen-bond acceptors (Lipinski definition) is 4. The molecule has 1 fully saturated rings. The molecule has 0 amide bonds. The third-order valence-corrected chi connectivity index (χ3v) is 3.00. The van der Waals surface area contributed by atoms with Gasteiger partial charge in [0, 0.05) is 38.0 Å². The van der Waals surface area contributed by atoms with Gasteiger partial charge in [-0.3, -0.25) is 0 Å². The summed E-state index contributed by atoms with van der Waals surface area (Å²) in [5, 5.41) is 0. The van der Waals surface area contributed by atoms with E-state index in [-0.39, 0.29) is 0 Å². The molecule has 0 spiro atoms. The number of likely N-dealkylation sites (tertiary alicyclic amines) is 1.